The fourth-order valence-corrected chi connectivity index (χ4v) is 3.61. The number of anilines is 2. The Labute approximate surface area is 146 Å². The van der Waals surface area contributed by atoms with Crippen molar-refractivity contribution in [3.8, 4) is 0 Å². The zero-order valence-corrected chi connectivity index (χ0v) is 14.2. The molecule has 0 radical (unpaired) electrons. The number of nitrogens with zero attached hydrogens (tertiary/aromatic N) is 3. The van der Waals surface area contributed by atoms with Crippen LogP contribution in [0.25, 0.3) is 0 Å². The molecule has 1 aromatic carbocycles. The van der Waals surface area contributed by atoms with Crippen LogP contribution in [0.2, 0.25) is 0 Å². The molecule has 0 amide bonds. The molecule has 1 fully saturated rings. The van der Waals surface area contributed by atoms with Crippen molar-refractivity contribution in [3.63, 3.8) is 0 Å². The first-order valence-corrected chi connectivity index (χ1v) is 8.70. The molecule has 4 rings (SSSR count). The van der Waals surface area contributed by atoms with E-state index in [1.165, 1.54) is 24.3 Å². The third-order valence-electron chi connectivity index (χ3n) is 5.20. The smallest absolute Gasteiger partial charge is 0.329 e. The predicted molar refractivity (Wildman–Crippen MR) is 93.9 cm³/mol. The first-order valence-electron chi connectivity index (χ1n) is 8.70. The molecule has 1 unspecified atom stereocenters. The number of benzene rings is 1. The monoisotopic (exact) mass is 339 g/mol. The zero-order valence-electron chi connectivity index (χ0n) is 14.2. The van der Waals surface area contributed by atoms with Gasteiger partial charge in [-0.2, -0.15) is 5.10 Å². The van der Waals surface area contributed by atoms with Gasteiger partial charge in [-0.1, -0.05) is 24.6 Å². The van der Waals surface area contributed by atoms with Crippen LogP contribution in [0, 0.1) is 5.92 Å². The third-order valence-corrected chi connectivity index (χ3v) is 5.20. The summed E-state index contributed by atoms with van der Waals surface area (Å²) in [5.74, 6) is 0.844. The maximum absolute atomic E-state index is 12.3. The van der Waals surface area contributed by atoms with Gasteiger partial charge in [-0.25, -0.2) is 9.48 Å². The molecule has 1 aliphatic heterocycles. The molecule has 0 spiro atoms. The van der Waals surface area contributed by atoms with E-state index in [0.29, 0.717) is 24.7 Å². The molecule has 6 nitrogen and oxygen atoms in total. The van der Waals surface area contributed by atoms with Gasteiger partial charge in [0.05, 0.1) is 7.11 Å². The van der Waals surface area contributed by atoms with Crippen molar-refractivity contribution in [1.29, 1.82) is 0 Å². The van der Waals surface area contributed by atoms with E-state index in [1.807, 2.05) is 29.2 Å². The number of esters is 1. The molecular weight excluding hydrogens is 318 g/mol. The van der Waals surface area contributed by atoms with E-state index in [-0.39, 0.29) is 11.5 Å². The molecule has 2 heterocycles. The molecular formula is C19H21N3O3. The Morgan fingerprint density at radius 2 is 2.04 bits per heavy atom. The maximum atomic E-state index is 12.3. The van der Waals surface area contributed by atoms with Gasteiger partial charge in [-0.05, 0) is 36.5 Å². The van der Waals surface area contributed by atoms with Crippen molar-refractivity contribution < 1.29 is 9.53 Å². The molecule has 2 aromatic rings. The van der Waals surface area contributed by atoms with Crippen LogP contribution in [0.3, 0.4) is 0 Å². The van der Waals surface area contributed by atoms with Crippen molar-refractivity contribution in [3.05, 3.63) is 52.3 Å². The van der Waals surface area contributed by atoms with Gasteiger partial charge in [0.25, 0.3) is 5.56 Å². The largest absolute Gasteiger partial charge is 0.467 e. The number of methoxy groups -OCH3 is 1. The Hall–Kier alpha value is -2.63. The SMILES string of the molecule is COC(=O)C1Cc2ccccc2N1c1ccc(=O)n(CC2CCC2)n1. The van der Waals surface area contributed by atoms with Gasteiger partial charge in [0.1, 0.15) is 6.04 Å². The highest BCUT2D eigenvalue weighted by atomic mass is 16.5. The van der Waals surface area contributed by atoms with E-state index in [0.717, 1.165) is 24.1 Å². The van der Waals surface area contributed by atoms with Crippen LogP contribution in [-0.2, 0) is 22.5 Å². The van der Waals surface area contributed by atoms with E-state index >= 15 is 0 Å². The zero-order chi connectivity index (χ0) is 17.4. The van der Waals surface area contributed by atoms with Crippen LogP contribution in [-0.4, -0.2) is 28.9 Å². The van der Waals surface area contributed by atoms with Crippen molar-refractivity contribution >= 4 is 17.5 Å². The number of aromatic nitrogens is 2. The van der Waals surface area contributed by atoms with E-state index in [4.69, 9.17) is 4.74 Å². The molecule has 1 atom stereocenters. The minimum atomic E-state index is -0.454. The standard InChI is InChI=1S/C19H21N3O3/c1-25-19(24)16-11-14-7-2-3-8-15(14)22(16)17-9-10-18(23)21(20-17)12-13-5-4-6-13/h2-3,7-10,13,16H,4-6,11-12H2,1H3. The summed E-state index contributed by atoms with van der Waals surface area (Å²) in [5, 5.41) is 4.56. The van der Waals surface area contributed by atoms with Crippen LogP contribution in [0.1, 0.15) is 24.8 Å². The highest BCUT2D eigenvalue weighted by molar-refractivity contribution is 5.87. The van der Waals surface area contributed by atoms with Gasteiger partial charge in [0.2, 0.25) is 0 Å². The average molecular weight is 339 g/mol. The number of ether oxygens (including phenoxy) is 1. The summed E-state index contributed by atoms with van der Waals surface area (Å²) in [7, 11) is 1.40. The highest BCUT2D eigenvalue weighted by Gasteiger charge is 2.37. The lowest BCUT2D eigenvalue weighted by Gasteiger charge is -2.27. The minimum Gasteiger partial charge on any atom is -0.467 e. The summed E-state index contributed by atoms with van der Waals surface area (Å²) < 4.78 is 6.52. The molecule has 6 heteroatoms. The number of hydrogen-bond acceptors (Lipinski definition) is 5. The Morgan fingerprint density at radius 1 is 1.24 bits per heavy atom. The fraction of sp³-hybridized carbons (Fsp3) is 0.421. The second-order valence-corrected chi connectivity index (χ2v) is 6.75. The number of carbonyl (C=O) groups is 1. The molecule has 1 aliphatic carbocycles. The molecule has 130 valence electrons. The number of hydrogen-bond donors (Lipinski definition) is 0. The maximum Gasteiger partial charge on any atom is 0.329 e. The van der Waals surface area contributed by atoms with Crippen LogP contribution in [0.15, 0.2) is 41.2 Å². The van der Waals surface area contributed by atoms with Crippen LogP contribution < -0.4 is 10.5 Å². The van der Waals surface area contributed by atoms with Gasteiger partial charge in [-0.3, -0.25) is 4.79 Å². The summed E-state index contributed by atoms with van der Waals surface area (Å²) >= 11 is 0. The average Bonchev–Trinajstić information content (AvgIpc) is 2.98. The first-order chi connectivity index (χ1) is 12.2. The summed E-state index contributed by atoms with van der Waals surface area (Å²) in [6.45, 7) is 0.644. The topological polar surface area (TPSA) is 64.4 Å². The lowest BCUT2D eigenvalue weighted by Crippen LogP contribution is -2.38. The van der Waals surface area contributed by atoms with Crippen LogP contribution >= 0.6 is 0 Å². The van der Waals surface area contributed by atoms with Crippen molar-refractivity contribution in [2.45, 2.75) is 38.3 Å². The Balaban J connectivity index is 1.74. The Kier molecular flexibility index (Phi) is 4.03. The second-order valence-electron chi connectivity index (χ2n) is 6.75. The first kappa shape index (κ1) is 15.9. The number of carbonyl (C=O) groups excluding carboxylic acids is 1. The molecule has 1 saturated carbocycles. The molecule has 25 heavy (non-hydrogen) atoms. The predicted octanol–water partition coefficient (Wildman–Crippen LogP) is 2.28. The number of fused-ring (bicyclic) bond motifs is 1. The number of rotatable bonds is 4. The Bertz CT molecular complexity index is 857. The summed E-state index contributed by atoms with van der Waals surface area (Å²) in [6, 6.07) is 10.7. The van der Waals surface area contributed by atoms with Gasteiger partial charge in [0, 0.05) is 24.7 Å². The van der Waals surface area contributed by atoms with Gasteiger partial charge >= 0.3 is 5.97 Å². The van der Waals surface area contributed by atoms with E-state index in [9.17, 15) is 9.59 Å². The van der Waals surface area contributed by atoms with E-state index in [1.54, 1.807) is 6.07 Å². The van der Waals surface area contributed by atoms with Crippen LogP contribution in [0.5, 0.6) is 0 Å². The normalized spacial score (nSPS) is 19.4. The van der Waals surface area contributed by atoms with Crippen molar-refractivity contribution in [1.82, 2.24) is 9.78 Å². The Morgan fingerprint density at radius 3 is 2.76 bits per heavy atom. The van der Waals surface area contributed by atoms with E-state index < -0.39 is 6.04 Å². The third kappa shape index (κ3) is 2.81. The van der Waals surface area contributed by atoms with Crippen LogP contribution in [0.4, 0.5) is 11.5 Å². The second kappa shape index (κ2) is 6.35. The molecule has 0 N–H and O–H groups in total. The molecule has 0 bridgehead atoms. The lowest BCUT2D eigenvalue weighted by atomic mass is 9.85. The summed E-state index contributed by atoms with van der Waals surface area (Å²) in [6.07, 6.45) is 4.10. The summed E-state index contributed by atoms with van der Waals surface area (Å²) in [4.78, 5) is 26.3. The van der Waals surface area contributed by atoms with Gasteiger partial charge in [0.15, 0.2) is 5.82 Å². The van der Waals surface area contributed by atoms with E-state index in [2.05, 4.69) is 5.10 Å². The lowest BCUT2D eigenvalue weighted by molar-refractivity contribution is -0.141. The quantitative estimate of drug-likeness (QED) is 0.800. The minimum absolute atomic E-state index is 0.0993. The molecule has 2 aliphatic rings. The number of para-hydroxylation sites is 1. The molecule has 1 aromatic heterocycles. The van der Waals surface area contributed by atoms with Crippen molar-refractivity contribution in [2.75, 3.05) is 12.0 Å². The highest BCUT2D eigenvalue weighted by Crippen LogP contribution is 2.37. The fourth-order valence-electron chi connectivity index (χ4n) is 3.61. The van der Waals surface area contributed by atoms with Crippen molar-refractivity contribution in [2.24, 2.45) is 5.92 Å². The van der Waals surface area contributed by atoms with Gasteiger partial charge < -0.3 is 9.64 Å². The molecule has 0 saturated heterocycles. The van der Waals surface area contributed by atoms with Gasteiger partial charge in [-0.15, -0.1) is 0 Å². The summed E-state index contributed by atoms with van der Waals surface area (Å²) in [5.41, 5.74) is 1.92.